The lowest BCUT2D eigenvalue weighted by atomic mass is 9.99. The molecule has 116 valence electrons. The van der Waals surface area contributed by atoms with Gasteiger partial charge in [-0.15, -0.1) is 0 Å². The highest BCUT2D eigenvalue weighted by atomic mass is 19.1. The molecule has 1 aromatic heterocycles. The van der Waals surface area contributed by atoms with Crippen LogP contribution in [0.5, 0.6) is 0 Å². The van der Waals surface area contributed by atoms with Crippen molar-refractivity contribution in [1.82, 2.24) is 5.32 Å². The molecule has 0 aliphatic heterocycles. The summed E-state index contributed by atoms with van der Waals surface area (Å²) in [7, 11) is 0. The molecule has 2 aromatic rings. The molecular formula is C17H23F2NO. The Morgan fingerprint density at radius 3 is 2.33 bits per heavy atom. The van der Waals surface area contributed by atoms with Crippen LogP contribution in [-0.4, -0.2) is 6.54 Å². The topological polar surface area (TPSA) is 25.2 Å². The molecule has 0 radical (unpaired) electrons. The molecule has 0 amide bonds. The molecule has 2 rings (SSSR count). The van der Waals surface area contributed by atoms with Crippen molar-refractivity contribution in [2.24, 2.45) is 11.8 Å². The smallest absolute Gasteiger partial charge is 0.173 e. The van der Waals surface area contributed by atoms with E-state index in [-0.39, 0.29) is 5.58 Å². The van der Waals surface area contributed by atoms with Crippen molar-refractivity contribution in [2.45, 2.75) is 40.7 Å². The van der Waals surface area contributed by atoms with Gasteiger partial charge in [0.25, 0.3) is 0 Å². The quantitative estimate of drug-likeness (QED) is 0.838. The average molecular weight is 295 g/mol. The van der Waals surface area contributed by atoms with Crippen LogP contribution < -0.4 is 5.32 Å². The van der Waals surface area contributed by atoms with Gasteiger partial charge in [-0.25, -0.2) is 8.78 Å². The number of halogens is 2. The van der Waals surface area contributed by atoms with E-state index in [1.165, 1.54) is 6.07 Å². The van der Waals surface area contributed by atoms with Gasteiger partial charge >= 0.3 is 0 Å². The van der Waals surface area contributed by atoms with E-state index in [1.54, 1.807) is 0 Å². The van der Waals surface area contributed by atoms with E-state index in [9.17, 15) is 8.78 Å². The van der Waals surface area contributed by atoms with Crippen molar-refractivity contribution >= 4 is 11.0 Å². The van der Waals surface area contributed by atoms with Gasteiger partial charge in [0.05, 0.1) is 11.9 Å². The van der Waals surface area contributed by atoms with Crippen LogP contribution in [0, 0.1) is 23.5 Å². The third-order valence-corrected chi connectivity index (χ3v) is 3.37. The first-order chi connectivity index (χ1) is 9.90. The van der Waals surface area contributed by atoms with Gasteiger partial charge in [0.1, 0.15) is 11.6 Å². The second-order valence-corrected chi connectivity index (χ2v) is 6.36. The van der Waals surface area contributed by atoms with Crippen LogP contribution >= 0.6 is 0 Å². The summed E-state index contributed by atoms with van der Waals surface area (Å²) in [6, 6.07) is 2.29. The number of nitrogens with one attached hydrogen (secondary N) is 1. The standard InChI is InChI=1S/C17H23F2NO/c1-10(2)7-12-15(9-20-8-11(3)4)21-17-14(19)6-5-13(18)16(12)17/h5-6,10-11,20H,7-9H2,1-4H3. The van der Waals surface area contributed by atoms with E-state index in [0.29, 0.717) is 35.9 Å². The van der Waals surface area contributed by atoms with E-state index < -0.39 is 11.6 Å². The number of benzene rings is 1. The van der Waals surface area contributed by atoms with E-state index in [0.717, 1.165) is 18.2 Å². The Bertz CT molecular complexity index is 617. The molecule has 1 N–H and O–H groups in total. The van der Waals surface area contributed by atoms with Crippen molar-refractivity contribution in [3.05, 3.63) is 35.1 Å². The molecule has 1 aromatic carbocycles. The predicted octanol–water partition coefficient (Wildman–Crippen LogP) is 4.66. The predicted molar refractivity (Wildman–Crippen MR) is 81.2 cm³/mol. The van der Waals surface area contributed by atoms with Crippen LogP contribution in [0.15, 0.2) is 16.5 Å². The first-order valence-electron chi connectivity index (χ1n) is 7.49. The van der Waals surface area contributed by atoms with E-state index >= 15 is 0 Å². The molecule has 0 atom stereocenters. The van der Waals surface area contributed by atoms with Crippen LogP contribution in [0.1, 0.15) is 39.0 Å². The zero-order valence-corrected chi connectivity index (χ0v) is 13.1. The zero-order valence-electron chi connectivity index (χ0n) is 13.1. The highest BCUT2D eigenvalue weighted by molar-refractivity contribution is 5.83. The van der Waals surface area contributed by atoms with Crippen LogP contribution in [0.2, 0.25) is 0 Å². The third kappa shape index (κ3) is 3.62. The first kappa shape index (κ1) is 16.0. The minimum absolute atomic E-state index is 0.0343. The normalized spacial score (nSPS) is 12.0. The van der Waals surface area contributed by atoms with Gasteiger partial charge in [-0.1, -0.05) is 27.7 Å². The molecule has 0 saturated carbocycles. The summed E-state index contributed by atoms with van der Waals surface area (Å²) in [6.45, 7) is 9.67. The Labute approximate surface area is 124 Å². The molecule has 4 heteroatoms. The van der Waals surface area contributed by atoms with Crippen molar-refractivity contribution in [1.29, 1.82) is 0 Å². The molecule has 0 saturated heterocycles. The molecule has 0 bridgehead atoms. The molecule has 0 fully saturated rings. The Hall–Kier alpha value is -1.42. The first-order valence-corrected chi connectivity index (χ1v) is 7.49. The summed E-state index contributed by atoms with van der Waals surface area (Å²) < 4.78 is 33.6. The molecule has 2 nitrogen and oxygen atoms in total. The molecule has 0 spiro atoms. The summed E-state index contributed by atoms with van der Waals surface area (Å²) in [6.07, 6.45) is 0.673. The van der Waals surface area contributed by atoms with Crippen LogP contribution in [0.4, 0.5) is 8.78 Å². The lowest BCUT2D eigenvalue weighted by molar-refractivity contribution is 0.467. The highest BCUT2D eigenvalue weighted by Crippen LogP contribution is 2.32. The van der Waals surface area contributed by atoms with Crippen LogP contribution in [-0.2, 0) is 13.0 Å². The Kier molecular flexibility index (Phi) is 4.99. The van der Waals surface area contributed by atoms with Crippen molar-refractivity contribution < 1.29 is 13.2 Å². The number of fused-ring (bicyclic) bond motifs is 1. The summed E-state index contributed by atoms with van der Waals surface area (Å²) in [5.41, 5.74) is 0.820. The Balaban J connectivity index is 2.42. The summed E-state index contributed by atoms with van der Waals surface area (Å²) >= 11 is 0. The monoisotopic (exact) mass is 295 g/mol. The molecule has 0 unspecified atom stereocenters. The van der Waals surface area contributed by atoms with Gasteiger partial charge in [0.2, 0.25) is 0 Å². The average Bonchev–Trinajstić information content (AvgIpc) is 2.73. The van der Waals surface area contributed by atoms with Crippen molar-refractivity contribution in [2.75, 3.05) is 6.54 Å². The van der Waals surface area contributed by atoms with Gasteiger partial charge in [-0.3, -0.25) is 0 Å². The largest absolute Gasteiger partial charge is 0.456 e. The number of furan rings is 1. The molecule has 0 aliphatic carbocycles. The molecular weight excluding hydrogens is 272 g/mol. The number of rotatable bonds is 6. The van der Waals surface area contributed by atoms with Gasteiger partial charge < -0.3 is 9.73 Å². The summed E-state index contributed by atoms with van der Waals surface area (Å²) in [4.78, 5) is 0. The Morgan fingerprint density at radius 1 is 1.05 bits per heavy atom. The summed E-state index contributed by atoms with van der Waals surface area (Å²) in [5.74, 6) is 0.574. The van der Waals surface area contributed by atoms with E-state index in [4.69, 9.17) is 4.42 Å². The fraction of sp³-hybridized carbons (Fsp3) is 0.529. The van der Waals surface area contributed by atoms with Gasteiger partial charge in [-0.05, 0) is 36.9 Å². The van der Waals surface area contributed by atoms with Gasteiger partial charge in [0.15, 0.2) is 11.4 Å². The fourth-order valence-electron chi connectivity index (χ4n) is 2.48. The molecule has 21 heavy (non-hydrogen) atoms. The van der Waals surface area contributed by atoms with E-state index in [2.05, 4.69) is 33.0 Å². The fourth-order valence-corrected chi connectivity index (χ4v) is 2.48. The maximum atomic E-state index is 14.1. The SMILES string of the molecule is CC(C)CNCc1oc2c(F)ccc(F)c2c1CC(C)C. The van der Waals surface area contributed by atoms with Gasteiger partial charge in [0, 0.05) is 5.56 Å². The summed E-state index contributed by atoms with van der Waals surface area (Å²) in [5, 5.41) is 3.57. The number of hydrogen-bond acceptors (Lipinski definition) is 2. The lowest BCUT2D eigenvalue weighted by Gasteiger charge is -2.09. The maximum Gasteiger partial charge on any atom is 0.173 e. The number of hydrogen-bond donors (Lipinski definition) is 1. The van der Waals surface area contributed by atoms with Gasteiger partial charge in [-0.2, -0.15) is 0 Å². The molecule has 1 heterocycles. The minimum Gasteiger partial charge on any atom is -0.456 e. The minimum atomic E-state index is -0.508. The second kappa shape index (κ2) is 6.56. The van der Waals surface area contributed by atoms with Crippen molar-refractivity contribution in [3.63, 3.8) is 0 Å². The molecule has 0 aliphatic rings. The highest BCUT2D eigenvalue weighted by Gasteiger charge is 2.20. The van der Waals surface area contributed by atoms with Crippen molar-refractivity contribution in [3.8, 4) is 0 Å². The maximum absolute atomic E-state index is 14.1. The Morgan fingerprint density at radius 2 is 1.71 bits per heavy atom. The second-order valence-electron chi connectivity index (χ2n) is 6.36. The van der Waals surface area contributed by atoms with Crippen LogP contribution in [0.3, 0.4) is 0 Å². The lowest BCUT2D eigenvalue weighted by Crippen LogP contribution is -2.19. The third-order valence-electron chi connectivity index (χ3n) is 3.37. The van der Waals surface area contributed by atoms with E-state index in [1.807, 2.05) is 0 Å². The van der Waals surface area contributed by atoms with Crippen LogP contribution in [0.25, 0.3) is 11.0 Å². The zero-order chi connectivity index (χ0) is 15.6.